The third kappa shape index (κ3) is 5.08. The Morgan fingerprint density at radius 1 is 1.00 bits per heavy atom. The number of alkyl halides is 3. The Labute approximate surface area is 238 Å². The van der Waals surface area contributed by atoms with E-state index >= 15 is 0 Å². The molecule has 8 nitrogen and oxygen atoms in total. The van der Waals surface area contributed by atoms with Crippen LogP contribution >= 0.6 is 0 Å². The van der Waals surface area contributed by atoms with Crippen LogP contribution in [0.15, 0.2) is 67.0 Å². The Morgan fingerprint density at radius 3 is 2.45 bits per heavy atom. The van der Waals surface area contributed by atoms with Crippen molar-refractivity contribution in [1.82, 2.24) is 14.5 Å². The summed E-state index contributed by atoms with van der Waals surface area (Å²) in [6.45, 7) is 2.02. The SMILES string of the molecule is Cn1c(C(F)(F)F)cc(-c2ccccc2)c1C(=O)C(=O)Nc1ccc2c(c1)CC[C@H]1CN(c3ncc(F)cn3)CCN21. The predicted octanol–water partition coefficient (Wildman–Crippen LogP) is 5.10. The number of Topliss-reactive ketones (excluding diaryl/α,β-unsaturated/α-hetero) is 1. The van der Waals surface area contributed by atoms with Gasteiger partial charge >= 0.3 is 6.18 Å². The third-order valence-electron chi connectivity index (χ3n) is 7.80. The standard InChI is InChI=1S/C30H26F4N6O2/c1-38-25(30(32,33)34)14-23(18-5-3-2-4-6-18)26(38)27(41)28(42)37-21-8-10-24-19(13-21)7-9-22-17-39(11-12-40(22)24)29-35-15-20(31)16-36-29/h2-6,8,10,13-16,22H,7,9,11-12,17H2,1H3,(H,37,42)/t22-/m0/s1. The molecule has 2 aliphatic rings. The Kier molecular flexibility index (Phi) is 6.91. The summed E-state index contributed by atoms with van der Waals surface area (Å²) in [6.07, 6.45) is -0.856. The molecule has 2 aromatic heterocycles. The first-order chi connectivity index (χ1) is 20.1. The molecular formula is C30H26F4N6O2. The summed E-state index contributed by atoms with van der Waals surface area (Å²) in [5.74, 6) is -2.09. The molecule has 4 heterocycles. The van der Waals surface area contributed by atoms with E-state index in [1.54, 1.807) is 42.5 Å². The molecule has 1 amide bonds. The van der Waals surface area contributed by atoms with E-state index in [-0.39, 0.29) is 17.3 Å². The first-order valence-electron chi connectivity index (χ1n) is 13.4. The monoisotopic (exact) mass is 578 g/mol. The van der Waals surface area contributed by atoms with Gasteiger partial charge in [0.1, 0.15) is 11.4 Å². The van der Waals surface area contributed by atoms with E-state index in [2.05, 4.69) is 20.2 Å². The highest BCUT2D eigenvalue weighted by atomic mass is 19.4. The number of carbonyl (C=O) groups is 2. The zero-order chi connectivity index (χ0) is 29.6. The van der Waals surface area contributed by atoms with Crippen LogP contribution in [0.3, 0.4) is 0 Å². The number of hydrogen-bond donors (Lipinski definition) is 1. The average molecular weight is 579 g/mol. The molecule has 6 rings (SSSR count). The van der Waals surface area contributed by atoms with Gasteiger partial charge in [0.25, 0.3) is 11.7 Å². The molecule has 1 saturated heterocycles. The molecule has 0 unspecified atom stereocenters. The van der Waals surface area contributed by atoms with Crippen LogP contribution in [0.1, 0.15) is 28.2 Å². The van der Waals surface area contributed by atoms with Crippen LogP contribution in [0.5, 0.6) is 0 Å². The molecule has 0 saturated carbocycles. The van der Waals surface area contributed by atoms with Crippen LogP contribution in [0, 0.1) is 5.82 Å². The Balaban J connectivity index is 1.20. The largest absolute Gasteiger partial charge is 0.431 e. The molecule has 0 radical (unpaired) electrons. The second-order valence-electron chi connectivity index (χ2n) is 10.4. The minimum absolute atomic E-state index is 0.0345. The molecule has 12 heteroatoms. The highest BCUT2D eigenvalue weighted by Crippen LogP contribution is 2.37. The number of nitrogens with one attached hydrogen (secondary N) is 1. The Hall–Kier alpha value is -4.74. The van der Waals surface area contributed by atoms with E-state index in [9.17, 15) is 27.2 Å². The van der Waals surface area contributed by atoms with Crippen LogP contribution in [0.4, 0.5) is 34.9 Å². The van der Waals surface area contributed by atoms with Crippen LogP contribution in [0.2, 0.25) is 0 Å². The molecule has 1 N–H and O–H groups in total. The molecule has 0 bridgehead atoms. The Bertz CT molecular complexity index is 1650. The van der Waals surface area contributed by atoms with Gasteiger partial charge in [-0.2, -0.15) is 13.2 Å². The highest BCUT2D eigenvalue weighted by molar-refractivity contribution is 6.47. The first-order valence-corrected chi connectivity index (χ1v) is 13.4. The molecule has 1 fully saturated rings. The summed E-state index contributed by atoms with van der Waals surface area (Å²) in [6, 6.07) is 14.7. The van der Waals surface area contributed by atoms with E-state index in [1.807, 2.05) is 11.0 Å². The van der Waals surface area contributed by atoms with Crippen molar-refractivity contribution in [3.8, 4) is 11.1 Å². The third-order valence-corrected chi connectivity index (χ3v) is 7.80. The van der Waals surface area contributed by atoms with E-state index in [1.165, 1.54) is 0 Å². The van der Waals surface area contributed by atoms with Crippen LogP contribution in [-0.2, 0) is 24.4 Å². The molecule has 1 atom stereocenters. The lowest BCUT2D eigenvalue weighted by Crippen LogP contribution is -2.55. The van der Waals surface area contributed by atoms with Gasteiger partial charge in [-0.3, -0.25) is 9.59 Å². The summed E-state index contributed by atoms with van der Waals surface area (Å²) in [5, 5.41) is 2.59. The van der Waals surface area contributed by atoms with Crippen molar-refractivity contribution in [2.45, 2.75) is 25.1 Å². The number of nitrogens with zero attached hydrogens (tertiary/aromatic N) is 5. The normalized spacial score (nSPS) is 16.5. The molecule has 2 aliphatic heterocycles. The van der Waals surface area contributed by atoms with E-state index in [0.29, 0.717) is 36.8 Å². The van der Waals surface area contributed by atoms with Crippen LogP contribution < -0.4 is 15.1 Å². The molecule has 2 aromatic carbocycles. The van der Waals surface area contributed by atoms with Gasteiger partial charge in [-0.1, -0.05) is 30.3 Å². The van der Waals surface area contributed by atoms with E-state index in [0.717, 1.165) is 54.2 Å². The predicted molar refractivity (Wildman–Crippen MR) is 149 cm³/mol. The molecule has 0 aliphatic carbocycles. The van der Waals surface area contributed by atoms with Gasteiger partial charge in [-0.25, -0.2) is 14.4 Å². The second-order valence-corrected chi connectivity index (χ2v) is 10.4. The smallest absolute Gasteiger partial charge is 0.365 e. The van der Waals surface area contributed by atoms with Gasteiger partial charge in [0.05, 0.1) is 12.4 Å². The van der Waals surface area contributed by atoms with Crippen molar-refractivity contribution in [2.75, 3.05) is 34.8 Å². The molecular weight excluding hydrogens is 552 g/mol. The highest BCUT2D eigenvalue weighted by Gasteiger charge is 2.38. The summed E-state index contributed by atoms with van der Waals surface area (Å²) in [4.78, 5) is 38.9. The number of rotatable bonds is 5. The second kappa shape index (κ2) is 10.6. The average Bonchev–Trinajstić information content (AvgIpc) is 3.34. The lowest BCUT2D eigenvalue weighted by molar-refractivity contribution is -0.143. The molecule has 0 spiro atoms. The summed E-state index contributed by atoms with van der Waals surface area (Å²) in [7, 11) is 1.13. The topological polar surface area (TPSA) is 83.4 Å². The lowest BCUT2D eigenvalue weighted by Gasteiger charge is -2.46. The number of carbonyl (C=O) groups excluding carboxylic acids is 2. The van der Waals surface area contributed by atoms with Crippen LogP contribution in [0.25, 0.3) is 11.1 Å². The van der Waals surface area contributed by atoms with Crippen molar-refractivity contribution in [1.29, 1.82) is 0 Å². The maximum absolute atomic E-state index is 13.7. The number of hydrogen-bond acceptors (Lipinski definition) is 6. The number of amides is 1. The van der Waals surface area contributed by atoms with E-state index < -0.39 is 29.4 Å². The molecule has 4 aromatic rings. The van der Waals surface area contributed by atoms with Gasteiger partial charge in [-0.05, 0) is 48.2 Å². The molecule has 42 heavy (non-hydrogen) atoms. The number of aromatic nitrogens is 3. The maximum Gasteiger partial charge on any atom is 0.431 e. The first kappa shape index (κ1) is 27.4. The number of ketones is 1. The fraction of sp³-hybridized carbons (Fsp3) is 0.267. The van der Waals surface area contributed by atoms with Crippen molar-refractivity contribution in [3.05, 3.63) is 89.8 Å². The van der Waals surface area contributed by atoms with Gasteiger partial charge in [-0.15, -0.1) is 0 Å². The zero-order valence-electron chi connectivity index (χ0n) is 22.5. The van der Waals surface area contributed by atoms with Crippen molar-refractivity contribution >= 4 is 29.0 Å². The fourth-order valence-corrected chi connectivity index (χ4v) is 5.82. The maximum atomic E-state index is 13.7. The minimum atomic E-state index is -4.71. The van der Waals surface area contributed by atoms with Gasteiger partial charge in [0, 0.05) is 49.7 Å². The zero-order valence-corrected chi connectivity index (χ0v) is 22.5. The number of anilines is 3. The fourth-order valence-electron chi connectivity index (χ4n) is 5.82. The number of fused-ring (bicyclic) bond motifs is 3. The van der Waals surface area contributed by atoms with Gasteiger partial charge in [0.15, 0.2) is 5.82 Å². The Morgan fingerprint density at radius 2 is 1.74 bits per heavy atom. The number of aryl methyl sites for hydroxylation is 1. The van der Waals surface area contributed by atoms with E-state index in [4.69, 9.17) is 0 Å². The van der Waals surface area contributed by atoms with Crippen LogP contribution in [-0.4, -0.2) is 51.9 Å². The molecule has 216 valence electrons. The summed E-state index contributed by atoms with van der Waals surface area (Å²) in [5.41, 5.74) is 1.46. The number of piperazine rings is 1. The quantitative estimate of drug-likeness (QED) is 0.202. The van der Waals surface area contributed by atoms with Gasteiger partial charge in [0.2, 0.25) is 5.95 Å². The van der Waals surface area contributed by atoms with Gasteiger partial charge < -0.3 is 19.7 Å². The van der Waals surface area contributed by atoms with Crippen molar-refractivity contribution in [3.63, 3.8) is 0 Å². The van der Waals surface area contributed by atoms with Crippen molar-refractivity contribution < 1.29 is 27.2 Å². The lowest BCUT2D eigenvalue weighted by atomic mass is 9.93. The summed E-state index contributed by atoms with van der Waals surface area (Å²) >= 11 is 0. The number of halogens is 4. The minimum Gasteiger partial charge on any atom is -0.365 e. The number of benzene rings is 2. The summed E-state index contributed by atoms with van der Waals surface area (Å²) < 4.78 is 55.1. The van der Waals surface area contributed by atoms with Crippen molar-refractivity contribution in [2.24, 2.45) is 7.05 Å².